The van der Waals surface area contributed by atoms with E-state index in [1.54, 1.807) is 0 Å². The van der Waals surface area contributed by atoms with Crippen molar-refractivity contribution in [3.63, 3.8) is 0 Å². The first-order valence-electron chi connectivity index (χ1n) is 26.7. The topological polar surface area (TPSA) is 78.9 Å². The molecule has 0 rings (SSSR count). The van der Waals surface area contributed by atoms with E-state index < -0.39 is 6.10 Å². The van der Waals surface area contributed by atoms with Gasteiger partial charge in [0.05, 0.1) is 0 Å². The Hall–Kier alpha value is -4.45. The van der Waals surface area contributed by atoms with E-state index in [-0.39, 0.29) is 44.0 Å². The molecule has 0 aliphatic rings. The fraction of sp³-hybridized carbons (Fsp3) is 0.590. The summed E-state index contributed by atoms with van der Waals surface area (Å²) in [7, 11) is 0. The third kappa shape index (κ3) is 52.4. The lowest BCUT2D eigenvalue weighted by atomic mass is 10.1. The maximum atomic E-state index is 12.8. The van der Waals surface area contributed by atoms with Crippen LogP contribution in [0.5, 0.6) is 0 Å². The number of esters is 3. The minimum absolute atomic E-state index is 0.130. The first-order chi connectivity index (χ1) is 33.0. The van der Waals surface area contributed by atoms with E-state index in [1.165, 1.54) is 51.4 Å². The standard InChI is InChI=1S/C61H96O6/c1-4-7-10-13-16-19-22-25-27-29-30-32-33-36-39-42-45-48-51-54-60(63)66-57-58(56-65-59(62)53-50-47-44-41-38-35-24-21-18-15-12-9-6-3)67-61(64)55-52-49-46-43-40-37-34-31-28-26-23-20-17-14-11-8-5-2/h7-8,10-11,16-17,19-20,25-28,30,32,34-35,37-38,43-44,46-47,58H,4-6,9,12-15,18,21-24,29,31,33,36,39-42,45,48-57H2,1-3H3/b10-7-,11-8-,19-16-,20-17-,27-25-,28-26-,32-30-,37-34-,38-35-,46-43-,47-44-. The van der Waals surface area contributed by atoms with Crippen molar-refractivity contribution in [1.29, 1.82) is 0 Å². The van der Waals surface area contributed by atoms with Crippen molar-refractivity contribution in [3.05, 3.63) is 134 Å². The van der Waals surface area contributed by atoms with Crippen LogP contribution in [0, 0.1) is 0 Å². The van der Waals surface area contributed by atoms with Crippen molar-refractivity contribution in [2.75, 3.05) is 13.2 Å². The maximum absolute atomic E-state index is 12.8. The summed E-state index contributed by atoms with van der Waals surface area (Å²) >= 11 is 0. The molecule has 1 unspecified atom stereocenters. The van der Waals surface area contributed by atoms with Gasteiger partial charge in [-0.05, 0) is 116 Å². The van der Waals surface area contributed by atoms with E-state index in [0.717, 1.165) is 109 Å². The van der Waals surface area contributed by atoms with Crippen molar-refractivity contribution >= 4 is 17.9 Å². The van der Waals surface area contributed by atoms with Crippen LogP contribution in [-0.2, 0) is 28.6 Å². The molecule has 6 heteroatoms. The van der Waals surface area contributed by atoms with E-state index in [1.807, 2.05) is 6.08 Å². The number of hydrogen-bond donors (Lipinski definition) is 0. The molecule has 0 aliphatic heterocycles. The zero-order valence-corrected chi connectivity index (χ0v) is 42.9. The predicted octanol–water partition coefficient (Wildman–Crippen LogP) is 17.9. The van der Waals surface area contributed by atoms with Crippen LogP contribution < -0.4 is 0 Å². The first-order valence-corrected chi connectivity index (χ1v) is 26.7. The van der Waals surface area contributed by atoms with Gasteiger partial charge in [-0.25, -0.2) is 0 Å². The average molecular weight is 925 g/mol. The molecule has 376 valence electrons. The molecule has 0 heterocycles. The second-order valence-corrected chi connectivity index (χ2v) is 17.0. The van der Waals surface area contributed by atoms with Crippen LogP contribution in [0.1, 0.15) is 213 Å². The van der Waals surface area contributed by atoms with Crippen LogP contribution >= 0.6 is 0 Å². The van der Waals surface area contributed by atoms with Crippen molar-refractivity contribution in [3.8, 4) is 0 Å². The highest BCUT2D eigenvalue weighted by Crippen LogP contribution is 2.12. The molecule has 6 nitrogen and oxygen atoms in total. The lowest BCUT2D eigenvalue weighted by molar-refractivity contribution is -0.166. The zero-order chi connectivity index (χ0) is 48.6. The number of rotatable bonds is 46. The fourth-order valence-corrected chi connectivity index (χ4v) is 6.70. The normalized spacial score (nSPS) is 13.2. The Kier molecular flexibility index (Phi) is 50.6. The summed E-state index contributed by atoms with van der Waals surface area (Å²) < 4.78 is 16.7. The van der Waals surface area contributed by atoms with Crippen LogP contribution in [0.15, 0.2) is 134 Å². The molecule has 0 aliphatic carbocycles. The van der Waals surface area contributed by atoms with E-state index in [9.17, 15) is 14.4 Å². The predicted molar refractivity (Wildman–Crippen MR) is 288 cm³/mol. The van der Waals surface area contributed by atoms with Gasteiger partial charge in [0, 0.05) is 19.3 Å². The minimum atomic E-state index is -0.841. The first kappa shape index (κ1) is 62.5. The number of carbonyl (C=O) groups is 3. The summed E-state index contributed by atoms with van der Waals surface area (Å²) in [5.74, 6) is -1.08. The quantitative estimate of drug-likeness (QED) is 0.0262. The highest BCUT2D eigenvalue weighted by Gasteiger charge is 2.19. The monoisotopic (exact) mass is 925 g/mol. The molecular weight excluding hydrogens is 829 g/mol. The smallest absolute Gasteiger partial charge is 0.306 e. The SMILES string of the molecule is CC/C=C\C/C=C\C/C=C\C/C=C\C/C=C\CCCC(=O)OC(COC(=O)CC/C=C\C/C=C\CCCCCCCC)COC(=O)CCCCCCCC/C=C\C/C=C\C/C=C\C/C=C\CC. The van der Waals surface area contributed by atoms with Gasteiger partial charge in [-0.1, -0.05) is 212 Å². The van der Waals surface area contributed by atoms with Crippen LogP contribution in [0.4, 0.5) is 0 Å². The molecule has 0 saturated carbocycles. The van der Waals surface area contributed by atoms with Crippen LogP contribution in [0.2, 0.25) is 0 Å². The molecule has 0 aromatic rings. The number of hydrogen-bond acceptors (Lipinski definition) is 6. The highest BCUT2D eigenvalue weighted by molar-refractivity contribution is 5.71. The maximum Gasteiger partial charge on any atom is 0.306 e. The third-order valence-electron chi connectivity index (χ3n) is 10.6. The van der Waals surface area contributed by atoms with Crippen LogP contribution in [-0.4, -0.2) is 37.2 Å². The largest absolute Gasteiger partial charge is 0.462 e. The zero-order valence-electron chi connectivity index (χ0n) is 42.9. The second-order valence-electron chi connectivity index (χ2n) is 17.0. The molecule has 0 saturated heterocycles. The Morgan fingerprint density at radius 2 is 0.627 bits per heavy atom. The molecule has 0 bridgehead atoms. The van der Waals surface area contributed by atoms with Gasteiger partial charge in [0.1, 0.15) is 13.2 Å². The summed E-state index contributed by atoms with van der Waals surface area (Å²) in [6.45, 7) is 6.27. The van der Waals surface area contributed by atoms with Crippen LogP contribution in [0.3, 0.4) is 0 Å². The van der Waals surface area contributed by atoms with E-state index >= 15 is 0 Å². The molecule has 0 aromatic carbocycles. The van der Waals surface area contributed by atoms with Crippen molar-refractivity contribution in [1.82, 2.24) is 0 Å². The summed E-state index contributed by atoms with van der Waals surface area (Å²) in [5, 5.41) is 0. The fourth-order valence-electron chi connectivity index (χ4n) is 6.70. The molecule has 67 heavy (non-hydrogen) atoms. The Bertz CT molecular complexity index is 1480. The van der Waals surface area contributed by atoms with Gasteiger partial charge >= 0.3 is 17.9 Å². The van der Waals surface area contributed by atoms with Crippen LogP contribution in [0.25, 0.3) is 0 Å². The molecule has 0 fully saturated rings. The highest BCUT2D eigenvalue weighted by atomic mass is 16.6. The summed E-state index contributed by atoms with van der Waals surface area (Å²) in [4.78, 5) is 38.0. The molecular formula is C61H96O6. The second kappa shape index (κ2) is 54.2. The Morgan fingerprint density at radius 1 is 0.313 bits per heavy atom. The summed E-state index contributed by atoms with van der Waals surface area (Å²) in [6, 6.07) is 0. The number of unbranched alkanes of at least 4 members (excludes halogenated alkanes) is 13. The minimum Gasteiger partial charge on any atom is -0.462 e. The number of ether oxygens (including phenoxy) is 3. The van der Waals surface area contributed by atoms with Gasteiger partial charge in [0.2, 0.25) is 0 Å². The summed E-state index contributed by atoms with van der Waals surface area (Å²) in [5.41, 5.74) is 0. The Morgan fingerprint density at radius 3 is 1.04 bits per heavy atom. The lowest BCUT2D eigenvalue weighted by Crippen LogP contribution is -2.30. The van der Waals surface area contributed by atoms with Gasteiger partial charge in [-0.3, -0.25) is 14.4 Å². The summed E-state index contributed by atoms with van der Waals surface area (Å²) in [6.07, 6.45) is 76.0. The van der Waals surface area contributed by atoms with Gasteiger partial charge < -0.3 is 14.2 Å². The van der Waals surface area contributed by atoms with Gasteiger partial charge in [-0.15, -0.1) is 0 Å². The molecule has 0 spiro atoms. The molecule has 0 radical (unpaired) electrons. The van der Waals surface area contributed by atoms with Gasteiger partial charge in [-0.2, -0.15) is 0 Å². The Balaban J connectivity index is 4.57. The van der Waals surface area contributed by atoms with E-state index in [0.29, 0.717) is 19.3 Å². The number of allylic oxidation sites excluding steroid dienone is 22. The lowest BCUT2D eigenvalue weighted by Gasteiger charge is -2.18. The molecule has 0 amide bonds. The third-order valence-corrected chi connectivity index (χ3v) is 10.6. The van der Waals surface area contributed by atoms with Crippen molar-refractivity contribution in [2.45, 2.75) is 219 Å². The number of carbonyl (C=O) groups excluding carboxylic acids is 3. The van der Waals surface area contributed by atoms with Crippen molar-refractivity contribution < 1.29 is 28.6 Å². The average Bonchev–Trinajstić information content (AvgIpc) is 3.33. The Labute approximate surface area is 411 Å². The van der Waals surface area contributed by atoms with Gasteiger partial charge in [0.15, 0.2) is 6.10 Å². The molecule has 0 aromatic heterocycles. The van der Waals surface area contributed by atoms with E-state index in [4.69, 9.17) is 14.2 Å². The van der Waals surface area contributed by atoms with Gasteiger partial charge in [0.25, 0.3) is 0 Å². The molecule has 1 atom stereocenters. The molecule has 0 N–H and O–H groups in total. The van der Waals surface area contributed by atoms with E-state index in [2.05, 4.69) is 148 Å². The van der Waals surface area contributed by atoms with Crippen molar-refractivity contribution in [2.24, 2.45) is 0 Å².